The Labute approximate surface area is 126 Å². The fourth-order valence-electron chi connectivity index (χ4n) is 2.30. The minimum atomic E-state index is -1.27. The lowest BCUT2D eigenvalue weighted by Crippen LogP contribution is -1.99. The van der Waals surface area contributed by atoms with Gasteiger partial charge >= 0.3 is 11.7 Å². The van der Waals surface area contributed by atoms with Crippen molar-refractivity contribution in [1.29, 1.82) is 0 Å². The van der Waals surface area contributed by atoms with E-state index in [0.717, 1.165) is 18.5 Å². The van der Waals surface area contributed by atoms with Gasteiger partial charge in [0.2, 0.25) is 5.82 Å². The van der Waals surface area contributed by atoms with Crippen molar-refractivity contribution in [3.8, 4) is 11.1 Å². The Morgan fingerprint density at radius 2 is 2.17 bits per heavy atom. The van der Waals surface area contributed by atoms with Crippen molar-refractivity contribution in [2.75, 3.05) is 5.73 Å². The smallest absolute Gasteiger partial charge is 0.337 e. The zero-order valence-corrected chi connectivity index (χ0v) is 11.3. The summed E-state index contributed by atoms with van der Waals surface area (Å²) in [6.45, 7) is 0. The molecular weight excluding hydrogens is 309 g/mol. The van der Waals surface area contributed by atoms with Gasteiger partial charge in [0.05, 0.1) is 10.5 Å². The van der Waals surface area contributed by atoms with E-state index in [-0.39, 0.29) is 28.0 Å². The summed E-state index contributed by atoms with van der Waals surface area (Å²) in [6.07, 6.45) is 2.36. The fourth-order valence-corrected chi connectivity index (χ4v) is 2.30. The first-order valence-electron chi connectivity index (χ1n) is 6.19. The van der Waals surface area contributed by atoms with Crippen LogP contribution in [0.2, 0.25) is 0 Å². The summed E-state index contributed by atoms with van der Waals surface area (Å²) in [5.41, 5.74) is 5.26. The number of nitro benzene ring substituents is 1. The molecule has 3 rings (SSSR count). The first kappa shape index (κ1) is 14.4. The summed E-state index contributed by atoms with van der Waals surface area (Å²) in [7, 11) is 0. The molecule has 0 fully saturated rings. The van der Waals surface area contributed by atoms with Gasteiger partial charge in [-0.15, -0.1) is 0 Å². The molecule has 1 aromatic carbocycles. The largest absolute Gasteiger partial charge is 0.478 e. The van der Waals surface area contributed by atoms with E-state index in [0.29, 0.717) is 0 Å². The number of carbonyl (C=O) groups is 1. The maximum absolute atomic E-state index is 13.9. The molecule has 0 unspecified atom stereocenters. The number of carboxylic acid groups (broad SMARTS) is 1. The predicted molar refractivity (Wildman–Crippen MR) is 76.4 cm³/mol. The van der Waals surface area contributed by atoms with Crippen LogP contribution in [0, 0.1) is 15.9 Å². The van der Waals surface area contributed by atoms with E-state index in [1.54, 1.807) is 0 Å². The second-order valence-corrected chi connectivity index (χ2v) is 4.58. The highest BCUT2D eigenvalue weighted by Gasteiger charge is 2.23. The van der Waals surface area contributed by atoms with Crippen LogP contribution in [0.5, 0.6) is 0 Å². The number of aromatic carboxylic acids is 1. The van der Waals surface area contributed by atoms with Gasteiger partial charge in [-0.05, 0) is 17.7 Å². The lowest BCUT2D eigenvalue weighted by Gasteiger charge is -2.04. The molecule has 10 heteroatoms. The van der Waals surface area contributed by atoms with Crippen molar-refractivity contribution in [3.63, 3.8) is 0 Å². The van der Waals surface area contributed by atoms with Gasteiger partial charge in [-0.1, -0.05) is 0 Å². The van der Waals surface area contributed by atoms with Gasteiger partial charge < -0.3 is 10.8 Å². The number of nitro groups is 1. The topological polar surface area (TPSA) is 137 Å². The van der Waals surface area contributed by atoms with E-state index in [1.807, 2.05) is 0 Å². The summed E-state index contributed by atoms with van der Waals surface area (Å²) in [6, 6.07) is 3.08. The average Bonchev–Trinajstić information content (AvgIpc) is 2.87. The van der Waals surface area contributed by atoms with Crippen molar-refractivity contribution >= 4 is 23.0 Å². The number of halogens is 1. The van der Waals surface area contributed by atoms with Gasteiger partial charge in [0.1, 0.15) is 11.8 Å². The van der Waals surface area contributed by atoms with Gasteiger partial charge in [-0.25, -0.2) is 14.3 Å². The minimum absolute atomic E-state index is 0.00117. The number of nitrogen functional groups attached to an aromatic ring is 1. The zero-order valence-electron chi connectivity index (χ0n) is 11.3. The molecule has 0 aliphatic carbocycles. The van der Waals surface area contributed by atoms with Crippen molar-refractivity contribution in [2.24, 2.45) is 0 Å². The van der Waals surface area contributed by atoms with Crippen LogP contribution in [-0.4, -0.2) is 30.6 Å². The highest BCUT2D eigenvalue weighted by atomic mass is 19.1. The lowest BCUT2D eigenvalue weighted by atomic mass is 10.0. The van der Waals surface area contributed by atoms with E-state index in [1.165, 1.54) is 16.8 Å². The zero-order chi connectivity index (χ0) is 16.7. The van der Waals surface area contributed by atoms with E-state index in [4.69, 9.17) is 5.73 Å². The third-order valence-electron chi connectivity index (χ3n) is 3.27. The summed E-state index contributed by atoms with van der Waals surface area (Å²) in [4.78, 5) is 25.0. The normalized spacial score (nSPS) is 10.8. The van der Waals surface area contributed by atoms with Gasteiger partial charge in [0.15, 0.2) is 5.82 Å². The molecule has 0 spiro atoms. The second-order valence-electron chi connectivity index (χ2n) is 4.58. The molecule has 0 atom stereocenters. The maximum Gasteiger partial charge on any atom is 0.337 e. The highest BCUT2D eigenvalue weighted by Crippen LogP contribution is 2.34. The van der Waals surface area contributed by atoms with Crippen LogP contribution in [0.4, 0.5) is 15.9 Å². The summed E-state index contributed by atoms with van der Waals surface area (Å²) in [5.74, 6) is -2.36. The first-order chi connectivity index (χ1) is 10.9. The SMILES string of the molecule is Nc1ncnn2cc(C(=O)O)c(-c3ccc([N+](=O)[O-])c(F)c3)c12. The first-order valence-corrected chi connectivity index (χ1v) is 6.19. The third kappa shape index (κ3) is 2.21. The summed E-state index contributed by atoms with van der Waals surface area (Å²) >= 11 is 0. The number of aromatic nitrogens is 3. The number of hydrogen-bond donors (Lipinski definition) is 2. The number of fused-ring (bicyclic) bond motifs is 1. The molecule has 2 heterocycles. The van der Waals surface area contributed by atoms with E-state index in [2.05, 4.69) is 10.1 Å². The van der Waals surface area contributed by atoms with Gasteiger partial charge in [0, 0.05) is 17.8 Å². The van der Waals surface area contributed by atoms with Crippen LogP contribution in [0.3, 0.4) is 0 Å². The predicted octanol–water partition coefficient (Wildman–Crippen LogP) is 1.72. The standard InChI is InChI=1S/C13H8FN5O4/c14-8-3-6(1-2-9(8)19(22)23)10-7(13(20)21)4-18-11(10)12(15)16-5-17-18/h1-5H,(H,20,21)(H2,15,16,17). The number of hydrogen-bond acceptors (Lipinski definition) is 6. The highest BCUT2D eigenvalue weighted by molar-refractivity contribution is 6.04. The number of nitrogens with two attached hydrogens (primary N) is 1. The summed E-state index contributed by atoms with van der Waals surface area (Å²) < 4.78 is 15.1. The van der Waals surface area contributed by atoms with Crippen molar-refractivity contribution in [1.82, 2.24) is 14.6 Å². The molecule has 0 aliphatic heterocycles. The molecule has 0 amide bonds. The van der Waals surface area contributed by atoms with E-state index < -0.39 is 22.4 Å². The quantitative estimate of drug-likeness (QED) is 0.554. The Bertz CT molecular complexity index is 968. The molecule has 116 valence electrons. The third-order valence-corrected chi connectivity index (χ3v) is 3.27. The number of anilines is 1. The Morgan fingerprint density at radius 3 is 2.78 bits per heavy atom. The Kier molecular flexibility index (Phi) is 3.14. The van der Waals surface area contributed by atoms with Crippen molar-refractivity contribution in [2.45, 2.75) is 0 Å². The average molecular weight is 317 g/mol. The van der Waals surface area contributed by atoms with Gasteiger partial charge in [0.25, 0.3) is 0 Å². The number of nitrogens with zero attached hydrogens (tertiary/aromatic N) is 4. The van der Waals surface area contributed by atoms with Gasteiger partial charge in [-0.2, -0.15) is 9.49 Å². The number of carboxylic acids is 1. The molecule has 0 bridgehead atoms. The number of rotatable bonds is 3. The summed E-state index contributed by atoms with van der Waals surface area (Å²) in [5, 5.41) is 23.9. The molecule has 9 nitrogen and oxygen atoms in total. The van der Waals surface area contributed by atoms with Crippen LogP contribution < -0.4 is 5.73 Å². The molecule has 23 heavy (non-hydrogen) atoms. The molecule has 3 N–H and O–H groups in total. The van der Waals surface area contributed by atoms with Crippen LogP contribution in [-0.2, 0) is 0 Å². The van der Waals surface area contributed by atoms with Gasteiger partial charge in [-0.3, -0.25) is 10.1 Å². The molecule has 0 radical (unpaired) electrons. The van der Waals surface area contributed by atoms with Crippen molar-refractivity contribution < 1.29 is 19.2 Å². The van der Waals surface area contributed by atoms with E-state index in [9.17, 15) is 24.4 Å². The van der Waals surface area contributed by atoms with Crippen LogP contribution in [0.1, 0.15) is 10.4 Å². The molecular formula is C13H8FN5O4. The van der Waals surface area contributed by atoms with Crippen molar-refractivity contribution in [3.05, 3.63) is 52.2 Å². The molecule has 0 aliphatic rings. The molecule has 2 aromatic heterocycles. The Morgan fingerprint density at radius 1 is 1.43 bits per heavy atom. The molecule has 0 saturated carbocycles. The Hall–Kier alpha value is -3.56. The molecule has 0 saturated heterocycles. The molecule has 3 aromatic rings. The second kappa shape index (κ2) is 5.02. The maximum atomic E-state index is 13.9. The van der Waals surface area contributed by atoms with Crippen LogP contribution >= 0.6 is 0 Å². The fraction of sp³-hybridized carbons (Fsp3) is 0. The monoisotopic (exact) mass is 317 g/mol. The number of benzene rings is 1. The Balaban J connectivity index is 2.35. The van der Waals surface area contributed by atoms with Crippen LogP contribution in [0.15, 0.2) is 30.7 Å². The van der Waals surface area contributed by atoms with Crippen LogP contribution in [0.25, 0.3) is 16.6 Å². The lowest BCUT2D eigenvalue weighted by molar-refractivity contribution is -0.387. The minimum Gasteiger partial charge on any atom is -0.478 e. The van der Waals surface area contributed by atoms with E-state index >= 15 is 0 Å².